The highest BCUT2D eigenvalue weighted by Crippen LogP contribution is 2.39. The molecule has 0 aromatic heterocycles. The SMILES string of the molecule is CC1N(C)C(=S)SC1(C)C. The van der Waals surface area contributed by atoms with Crippen LogP contribution in [0.2, 0.25) is 0 Å². The maximum absolute atomic E-state index is 5.16. The second-order valence-corrected chi connectivity index (χ2v) is 5.55. The van der Waals surface area contributed by atoms with Gasteiger partial charge in [-0.1, -0.05) is 24.0 Å². The van der Waals surface area contributed by atoms with E-state index < -0.39 is 0 Å². The summed E-state index contributed by atoms with van der Waals surface area (Å²) in [5.41, 5.74) is 0. The van der Waals surface area contributed by atoms with Crippen molar-refractivity contribution in [1.29, 1.82) is 0 Å². The van der Waals surface area contributed by atoms with Crippen LogP contribution in [-0.2, 0) is 0 Å². The van der Waals surface area contributed by atoms with E-state index in [2.05, 4.69) is 32.7 Å². The Kier molecular flexibility index (Phi) is 1.98. The average Bonchev–Trinajstić information content (AvgIpc) is 1.95. The topological polar surface area (TPSA) is 3.24 Å². The Bertz CT molecular complexity index is 165. The molecular formula is C7H13NS2. The van der Waals surface area contributed by atoms with Crippen molar-refractivity contribution in [1.82, 2.24) is 4.90 Å². The smallest absolute Gasteiger partial charge is 0.137 e. The van der Waals surface area contributed by atoms with Crippen LogP contribution in [0.5, 0.6) is 0 Å². The fourth-order valence-corrected chi connectivity index (χ4v) is 2.89. The predicted molar refractivity (Wildman–Crippen MR) is 51.5 cm³/mol. The Morgan fingerprint density at radius 2 is 2.10 bits per heavy atom. The first-order valence-corrected chi connectivity index (χ1v) is 4.63. The van der Waals surface area contributed by atoms with Crippen molar-refractivity contribution in [2.24, 2.45) is 0 Å². The monoisotopic (exact) mass is 175 g/mol. The third-order valence-electron chi connectivity index (χ3n) is 2.23. The average molecular weight is 175 g/mol. The summed E-state index contributed by atoms with van der Waals surface area (Å²) in [5.74, 6) is 0. The third-order valence-corrected chi connectivity index (χ3v) is 4.09. The van der Waals surface area contributed by atoms with Gasteiger partial charge in [0.1, 0.15) is 4.32 Å². The normalized spacial score (nSPS) is 31.4. The zero-order valence-electron chi connectivity index (χ0n) is 6.84. The molecule has 0 radical (unpaired) electrons. The molecule has 10 heavy (non-hydrogen) atoms. The van der Waals surface area contributed by atoms with Gasteiger partial charge >= 0.3 is 0 Å². The van der Waals surface area contributed by atoms with Gasteiger partial charge in [0.15, 0.2) is 0 Å². The fraction of sp³-hybridized carbons (Fsp3) is 0.857. The summed E-state index contributed by atoms with van der Waals surface area (Å²) >= 11 is 6.95. The molecule has 0 spiro atoms. The van der Waals surface area contributed by atoms with Gasteiger partial charge in [-0.05, 0) is 20.8 Å². The van der Waals surface area contributed by atoms with E-state index in [9.17, 15) is 0 Å². The molecule has 0 aliphatic carbocycles. The first kappa shape index (κ1) is 8.34. The lowest BCUT2D eigenvalue weighted by molar-refractivity contribution is 0.359. The predicted octanol–water partition coefficient (Wildman–Crippen LogP) is 2.12. The molecule has 0 aromatic rings. The van der Waals surface area contributed by atoms with E-state index in [1.807, 2.05) is 0 Å². The molecule has 0 N–H and O–H groups in total. The maximum Gasteiger partial charge on any atom is 0.137 e. The van der Waals surface area contributed by atoms with Gasteiger partial charge in [-0.3, -0.25) is 0 Å². The van der Waals surface area contributed by atoms with E-state index in [4.69, 9.17) is 12.2 Å². The summed E-state index contributed by atoms with van der Waals surface area (Å²) in [7, 11) is 2.06. The Hall–Kier alpha value is 0.240. The highest BCUT2D eigenvalue weighted by Gasteiger charge is 2.39. The molecule has 1 unspecified atom stereocenters. The summed E-state index contributed by atoms with van der Waals surface area (Å²) in [6, 6.07) is 0.560. The lowest BCUT2D eigenvalue weighted by Crippen LogP contribution is -2.35. The van der Waals surface area contributed by atoms with Gasteiger partial charge in [0.2, 0.25) is 0 Å². The van der Waals surface area contributed by atoms with E-state index in [1.165, 1.54) is 0 Å². The molecule has 0 saturated carbocycles. The van der Waals surface area contributed by atoms with Gasteiger partial charge in [-0.25, -0.2) is 0 Å². The van der Waals surface area contributed by atoms with Crippen molar-refractivity contribution < 1.29 is 0 Å². The van der Waals surface area contributed by atoms with E-state index in [0.717, 1.165) is 4.32 Å². The van der Waals surface area contributed by atoms with Crippen LogP contribution in [-0.4, -0.2) is 27.1 Å². The molecule has 1 rings (SSSR count). The summed E-state index contributed by atoms with van der Waals surface area (Å²) in [5, 5.41) is 0. The number of hydrogen-bond acceptors (Lipinski definition) is 2. The fourth-order valence-electron chi connectivity index (χ4n) is 1.01. The summed E-state index contributed by atoms with van der Waals surface area (Å²) in [4.78, 5) is 2.17. The first-order chi connectivity index (χ1) is 4.45. The molecule has 0 bridgehead atoms. The van der Waals surface area contributed by atoms with Gasteiger partial charge in [-0.2, -0.15) is 0 Å². The van der Waals surface area contributed by atoms with Crippen molar-refractivity contribution in [3.8, 4) is 0 Å². The Morgan fingerprint density at radius 3 is 2.20 bits per heavy atom. The van der Waals surface area contributed by atoms with Gasteiger partial charge < -0.3 is 4.90 Å². The summed E-state index contributed by atoms with van der Waals surface area (Å²) < 4.78 is 1.32. The van der Waals surface area contributed by atoms with E-state index in [0.29, 0.717) is 10.8 Å². The standard InChI is InChI=1S/C7H13NS2/c1-5-7(2,3)10-6(9)8(5)4/h5H,1-4H3. The highest BCUT2D eigenvalue weighted by molar-refractivity contribution is 8.24. The van der Waals surface area contributed by atoms with Crippen molar-refractivity contribution in [3.63, 3.8) is 0 Å². The summed E-state index contributed by atoms with van der Waals surface area (Å²) in [6.45, 7) is 6.68. The van der Waals surface area contributed by atoms with E-state index in [-0.39, 0.29) is 0 Å². The van der Waals surface area contributed by atoms with Crippen molar-refractivity contribution in [3.05, 3.63) is 0 Å². The number of thiocarbonyl (C=S) groups is 1. The van der Waals surface area contributed by atoms with Gasteiger partial charge in [-0.15, -0.1) is 0 Å². The molecule has 1 atom stereocenters. The van der Waals surface area contributed by atoms with Gasteiger partial charge in [0.05, 0.1) is 0 Å². The molecule has 58 valence electrons. The molecule has 0 amide bonds. The minimum atomic E-state index is 0.297. The lowest BCUT2D eigenvalue weighted by Gasteiger charge is -2.24. The molecule has 1 saturated heterocycles. The first-order valence-electron chi connectivity index (χ1n) is 3.41. The van der Waals surface area contributed by atoms with Crippen molar-refractivity contribution in [2.75, 3.05) is 7.05 Å². The van der Waals surface area contributed by atoms with Crippen LogP contribution in [0.4, 0.5) is 0 Å². The van der Waals surface area contributed by atoms with Crippen LogP contribution in [0.3, 0.4) is 0 Å². The van der Waals surface area contributed by atoms with Crippen LogP contribution < -0.4 is 0 Å². The van der Waals surface area contributed by atoms with E-state index >= 15 is 0 Å². The third kappa shape index (κ3) is 1.17. The van der Waals surface area contributed by atoms with Crippen molar-refractivity contribution in [2.45, 2.75) is 31.6 Å². The molecule has 1 aliphatic rings. The largest absolute Gasteiger partial charge is 0.356 e. The number of nitrogens with zero attached hydrogens (tertiary/aromatic N) is 1. The molecule has 1 nitrogen and oxygen atoms in total. The number of rotatable bonds is 0. The zero-order chi connectivity index (χ0) is 7.94. The zero-order valence-corrected chi connectivity index (χ0v) is 8.47. The number of thioether (sulfide) groups is 1. The minimum absolute atomic E-state index is 0.297. The Balaban J connectivity index is 2.81. The molecule has 1 heterocycles. The minimum Gasteiger partial charge on any atom is -0.356 e. The second kappa shape index (κ2) is 2.38. The maximum atomic E-state index is 5.16. The van der Waals surface area contributed by atoms with Gasteiger partial charge in [0, 0.05) is 17.8 Å². The quantitative estimate of drug-likeness (QED) is 0.519. The molecule has 0 aromatic carbocycles. The van der Waals surface area contributed by atoms with Crippen LogP contribution in [0.15, 0.2) is 0 Å². The van der Waals surface area contributed by atoms with Gasteiger partial charge in [0.25, 0.3) is 0 Å². The number of hydrogen-bond donors (Lipinski definition) is 0. The Labute approximate surface area is 72.2 Å². The van der Waals surface area contributed by atoms with E-state index in [1.54, 1.807) is 11.8 Å². The lowest BCUT2D eigenvalue weighted by atomic mass is 10.1. The summed E-state index contributed by atoms with van der Waals surface area (Å²) in [6.07, 6.45) is 0. The molecular weight excluding hydrogens is 162 g/mol. The van der Waals surface area contributed by atoms with Crippen LogP contribution in [0.25, 0.3) is 0 Å². The molecule has 1 fully saturated rings. The van der Waals surface area contributed by atoms with Crippen LogP contribution in [0, 0.1) is 0 Å². The van der Waals surface area contributed by atoms with Crippen LogP contribution in [0.1, 0.15) is 20.8 Å². The highest BCUT2D eigenvalue weighted by atomic mass is 32.2. The molecule has 1 aliphatic heterocycles. The second-order valence-electron chi connectivity index (χ2n) is 3.26. The molecule has 3 heteroatoms. The Morgan fingerprint density at radius 1 is 1.60 bits per heavy atom. The van der Waals surface area contributed by atoms with Crippen LogP contribution >= 0.6 is 24.0 Å². The van der Waals surface area contributed by atoms with Crippen molar-refractivity contribution >= 4 is 28.3 Å².